The Bertz CT molecular complexity index is 198. The lowest BCUT2D eigenvalue weighted by Crippen LogP contribution is -1.86. The molecular formula is C15H28. The quantitative estimate of drug-likeness (QED) is 0.573. The fourth-order valence-electron chi connectivity index (χ4n) is 1.68. The molecule has 0 aliphatic heterocycles. The predicted molar refractivity (Wildman–Crippen MR) is 71.0 cm³/mol. The van der Waals surface area contributed by atoms with E-state index in [0.29, 0.717) is 0 Å². The van der Waals surface area contributed by atoms with Crippen molar-refractivity contribution >= 4 is 0 Å². The van der Waals surface area contributed by atoms with E-state index in [2.05, 4.69) is 39.0 Å². The van der Waals surface area contributed by atoms with Crippen molar-refractivity contribution in [3.63, 3.8) is 0 Å². The molecule has 0 aromatic rings. The largest absolute Gasteiger partial charge is 0.0805 e. The average Bonchev–Trinajstić information content (AvgIpc) is 3.01. The van der Waals surface area contributed by atoms with Gasteiger partial charge in [0.15, 0.2) is 0 Å². The van der Waals surface area contributed by atoms with Crippen molar-refractivity contribution in [2.75, 3.05) is 0 Å². The van der Waals surface area contributed by atoms with Crippen LogP contribution >= 0.6 is 0 Å². The zero-order valence-corrected chi connectivity index (χ0v) is 11.2. The third kappa shape index (κ3) is 5.81. The summed E-state index contributed by atoms with van der Waals surface area (Å²) in [6.07, 6.45) is 12.4. The maximum atomic E-state index is 2.47. The van der Waals surface area contributed by atoms with Crippen LogP contribution in [0.4, 0.5) is 0 Å². The molecule has 0 spiro atoms. The molecule has 0 aromatic heterocycles. The van der Waals surface area contributed by atoms with Gasteiger partial charge in [-0.05, 0) is 24.7 Å². The van der Waals surface area contributed by atoms with Crippen molar-refractivity contribution in [2.45, 2.75) is 60.3 Å². The monoisotopic (exact) mass is 208 g/mol. The van der Waals surface area contributed by atoms with E-state index in [1.54, 1.807) is 5.57 Å². The molecule has 1 fully saturated rings. The molecule has 88 valence electrons. The van der Waals surface area contributed by atoms with Crippen molar-refractivity contribution in [1.82, 2.24) is 0 Å². The number of fused-ring (bicyclic) bond motifs is 1. The summed E-state index contributed by atoms with van der Waals surface area (Å²) in [5.41, 5.74) is 1.57. The molecule has 0 nitrogen and oxygen atoms in total. The highest BCUT2D eigenvalue weighted by Gasteiger charge is 2.34. The Morgan fingerprint density at radius 1 is 1.13 bits per heavy atom. The molecule has 0 heterocycles. The Morgan fingerprint density at radius 3 is 2.20 bits per heavy atom. The maximum absolute atomic E-state index is 2.47. The van der Waals surface area contributed by atoms with Gasteiger partial charge in [0.1, 0.15) is 0 Å². The fourth-order valence-corrected chi connectivity index (χ4v) is 1.68. The standard InChI is InChI=1S/C10H14.C3H8.C2H6/c1-2-3-8-4-5-9-7-10(9)6-8;1-3-2;1-2/h4-6,9-10H,2-3,7H2,1H3;3H2,1-2H3;1-2H3. The van der Waals surface area contributed by atoms with Crippen LogP contribution in [0.5, 0.6) is 0 Å². The van der Waals surface area contributed by atoms with Crippen molar-refractivity contribution in [3.05, 3.63) is 23.8 Å². The summed E-state index contributed by atoms with van der Waals surface area (Å²) in [6, 6.07) is 0. The Morgan fingerprint density at radius 2 is 1.73 bits per heavy atom. The van der Waals surface area contributed by atoms with Crippen LogP contribution in [0, 0.1) is 11.8 Å². The van der Waals surface area contributed by atoms with Gasteiger partial charge >= 0.3 is 0 Å². The predicted octanol–water partition coefficient (Wildman–Crippen LogP) is 5.36. The summed E-state index contributed by atoms with van der Waals surface area (Å²) in [5, 5.41) is 0. The second kappa shape index (κ2) is 8.76. The molecule has 0 aromatic carbocycles. The van der Waals surface area contributed by atoms with Crippen LogP contribution in [0.1, 0.15) is 60.3 Å². The minimum Gasteiger partial charge on any atom is -0.0805 e. The van der Waals surface area contributed by atoms with Crippen LogP contribution in [0.3, 0.4) is 0 Å². The van der Waals surface area contributed by atoms with E-state index >= 15 is 0 Å². The van der Waals surface area contributed by atoms with E-state index in [1.165, 1.54) is 25.7 Å². The van der Waals surface area contributed by atoms with Crippen molar-refractivity contribution < 1.29 is 0 Å². The fraction of sp³-hybridized carbons (Fsp3) is 0.733. The van der Waals surface area contributed by atoms with Crippen LogP contribution < -0.4 is 0 Å². The zero-order valence-electron chi connectivity index (χ0n) is 11.2. The van der Waals surface area contributed by atoms with E-state index in [9.17, 15) is 0 Å². The van der Waals surface area contributed by atoms with Crippen LogP contribution in [0.25, 0.3) is 0 Å². The van der Waals surface area contributed by atoms with E-state index in [-0.39, 0.29) is 0 Å². The Labute approximate surface area is 96.5 Å². The van der Waals surface area contributed by atoms with E-state index in [4.69, 9.17) is 0 Å². The summed E-state index contributed by atoms with van der Waals surface area (Å²) >= 11 is 0. The molecule has 2 rings (SSSR count). The highest BCUT2D eigenvalue weighted by molar-refractivity contribution is 5.30. The van der Waals surface area contributed by atoms with Gasteiger partial charge < -0.3 is 0 Å². The Kier molecular flexibility index (Phi) is 8.46. The van der Waals surface area contributed by atoms with Gasteiger partial charge in [0.2, 0.25) is 0 Å². The first-order chi connectivity index (χ1) is 7.31. The molecule has 0 amide bonds. The van der Waals surface area contributed by atoms with Gasteiger partial charge in [-0.1, -0.05) is 71.3 Å². The normalized spacial score (nSPS) is 25.0. The molecule has 15 heavy (non-hydrogen) atoms. The van der Waals surface area contributed by atoms with Crippen LogP contribution in [0.2, 0.25) is 0 Å². The summed E-state index contributed by atoms with van der Waals surface area (Å²) in [6.45, 7) is 10.5. The minimum absolute atomic E-state index is 0.931. The van der Waals surface area contributed by atoms with Crippen molar-refractivity contribution in [1.29, 1.82) is 0 Å². The van der Waals surface area contributed by atoms with Gasteiger partial charge in [0, 0.05) is 0 Å². The maximum Gasteiger partial charge on any atom is -0.0159 e. The first-order valence-electron chi connectivity index (χ1n) is 6.70. The molecule has 0 radical (unpaired) electrons. The summed E-state index contributed by atoms with van der Waals surface area (Å²) < 4.78 is 0. The van der Waals surface area contributed by atoms with Gasteiger partial charge in [-0.2, -0.15) is 0 Å². The van der Waals surface area contributed by atoms with E-state index in [0.717, 1.165) is 11.8 Å². The lowest BCUT2D eigenvalue weighted by molar-refractivity contribution is 0.880. The van der Waals surface area contributed by atoms with Gasteiger partial charge in [-0.15, -0.1) is 0 Å². The first kappa shape index (κ1) is 14.5. The van der Waals surface area contributed by atoms with Gasteiger partial charge in [0.05, 0.1) is 0 Å². The Balaban J connectivity index is 0.000000342. The van der Waals surface area contributed by atoms with E-state index in [1.807, 2.05) is 13.8 Å². The van der Waals surface area contributed by atoms with Crippen molar-refractivity contribution in [2.24, 2.45) is 11.8 Å². The van der Waals surface area contributed by atoms with Crippen molar-refractivity contribution in [3.8, 4) is 0 Å². The molecule has 2 unspecified atom stereocenters. The highest BCUT2D eigenvalue weighted by atomic mass is 14.4. The molecule has 0 bridgehead atoms. The number of allylic oxidation sites excluding steroid dienone is 4. The van der Waals surface area contributed by atoms with Crippen LogP contribution in [-0.4, -0.2) is 0 Å². The summed E-state index contributed by atoms with van der Waals surface area (Å²) in [4.78, 5) is 0. The lowest BCUT2D eigenvalue weighted by Gasteiger charge is -2.02. The Hall–Kier alpha value is -0.520. The molecular weight excluding hydrogens is 180 g/mol. The van der Waals surface area contributed by atoms with Crippen LogP contribution in [0.15, 0.2) is 23.8 Å². The average molecular weight is 208 g/mol. The first-order valence-corrected chi connectivity index (χ1v) is 6.70. The molecule has 0 saturated heterocycles. The number of hydrogen-bond donors (Lipinski definition) is 0. The molecule has 0 heteroatoms. The molecule has 2 aliphatic carbocycles. The topological polar surface area (TPSA) is 0 Å². The second-order valence-electron chi connectivity index (χ2n) is 4.12. The van der Waals surface area contributed by atoms with Gasteiger partial charge in [-0.3, -0.25) is 0 Å². The second-order valence-corrected chi connectivity index (χ2v) is 4.12. The molecule has 2 atom stereocenters. The third-order valence-corrected chi connectivity index (χ3v) is 2.42. The third-order valence-electron chi connectivity index (χ3n) is 2.42. The van der Waals surface area contributed by atoms with Gasteiger partial charge in [-0.25, -0.2) is 0 Å². The smallest absolute Gasteiger partial charge is 0.0159 e. The molecule has 0 N–H and O–H groups in total. The van der Waals surface area contributed by atoms with Gasteiger partial charge in [0.25, 0.3) is 0 Å². The van der Waals surface area contributed by atoms with Crippen LogP contribution in [-0.2, 0) is 0 Å². The van der Waals surface area contributed by atoms with E-state index < -0.39 is 0 Å². The lowest BCUT2D eigenvalue weighted by atomic mass is 10.0. The molecule has 2 aliphatic rings. The zero-order chi connectivity index (χ0) is 11.7. The summed E-state index contributed by atoms with van der Waals surface area (Å²) in [7, 11) is 0. The minimum atomic E-state index is 0.931. The summed E-state index contributed by atoms with van der Waals surface area (Å²) in [5.74, 6) is 1.87. The molecule has 1 saturated carbocycles. The SMILES string of the molecule is CC.CCC.CCCC1=CC2CC2C=C1. The highest BCUT2D eigenvalue weighted by Crippen LogP contribution is 2.44. The number of rotatable bonds is 2. The number of hydrogen-bond acceptors (Lipinski definition) is 0.